The molecule has 0 fully saturated rings. The Balaban J connectivity index is 2.34. The number of hydrogen-bond donors (Lipinski definition) is 0. The van der Waals surface area contributed by atoms with Crippen LogP contribution < -0.4 is 0 Å². The Morgan fingerprint density at radius 3 is 2.65 bits per heavy atom. The number of pyridine rings is 1. The first-order valence-electron chi connectivity index (χ1n) is 5.92. The van der Waals surface area contributed by atoms with Gasteiger partial charge in [0.2, 0.25) is 0 Å². The molecule has 2 aromatic heterocycles. The number of hydrogen-bond acceptors (Lipinski definition) is 1. The van der Waals surface area contributed by atoms with E-state index in [1.807, 2.05) is 12.4 Å². The van der Waals surface area contributed by atoms with Crippen LogP contribution in [-0.2, 0) is 5.41 Å². The third kappa shape index (κ3) is 1.60. The molecule has 17 heavy (non-hydrogen) atoms. The van der Waals surface area contributed by atoms with Gasteiger partial charge in [0.15, 0.2) is 0 Å². The summed E-state index contributed by atoms with van der Waals surface area (Å²) < 4.78 is 2.05. The molecule has 0 spiro atoms. The summed E-state index contributed by atoms with van der Waals surface area (Å²) in [6.07, 6.45) is 5.88. The lowest BCUT2D eigenvalue weighted by Crippen LogP contribution is -2.10. The van der Waals surface area contributed by atoms with Crippen LogP contribution in [0, 0.1) is 0 Å². The first-order valence-corrected chi connectivity index (χ1v) is 5.92. The zero-order chi connectivity index (χ0) is 12.0. The van der Waals surface area contributed by atoms with Gasteiger partial charge in [0.05, 0.1) is 0 Å². The van der Waals surface area contributed by atoms with E-state index in [4.69, 9.17) is 0 Å². The zero-order valence-electron chi connectivity index (χ0n) is 10.4. The van der Waals surface area contributed by atoms with Crippen LogP contribution in [0.1, 0.15) is 26.3 Å². The van der Waals surface area contributed by atoms with Crippen LogP contribution in [0.25, 0.3) is 16.4 Å². The maximum Gasteiger partial charge on any atom is 0.144 e. The lowest BCUT2D eigenvalue weighted by Gasteiger charge is -2.19. The lowest BCUT2D eigenvalue weighted by molar-refractivity contribution is 0.591. The fraction of sp³-hybridized carbons (Fsp3) is 0.267. The predicted molar refractivity (Wildman–Crippen MR) is 71.4 cm³/mol. The molecule has 0 aliphatic rings. The Kier molecular flexibility index (Phi) is 2.02. The minimum Gasteiger partial charge on any atom is -0.307 e. The molecule has 86 valence electrons. The molecule has 0 amide bonds. The number of aromatic nitrogens is 2. The molecule has 0 N–H and O–H groups in total. The van der Waals surface area contributed by atoms with Crippen LogP contribution in [0.2, 0.25) is 0 Å². The van der Waals surface area contributed by atoms with Gasteiger partial charge >= 0.3 is 0 Å². The quantitative estimate of drug-likeness (QED) is 0.568. The fourth-order valence-corrected chi connectivity index (χ4v) is 2.17. The Bertz CT molecular complexity index is 687. The molecule has 3 aromatic rings. The molecule has 3 rings (SSSR count). The highest BCUT2D eigenvalue weighted by molar-refractivity contribution is 5.94. The van der Waals surface area contributed by atoms with Crippen LogP contribution >= 0.6 is 0 Å². The monoisotopic (exact) mass is 224 g/mol. The molecular formula is C15H16N2. The van der Waals surface area contributed by atoms with Crippen molar-refractivity contribution in [3.05, 3.63) is 48.4 Å². The van der Waals surface area contributed by atoms with Crippen LogP contribution in [0.5, 0.6) is 0 Å². The second-order valence-electron chi connectivity index (χ2n) is 5.53. The molecule has 0 aliphatic heterocycles. The van der Waals surface area contributed by atoms with Gasteiger partial charge in [0.25, 0.3) is 0 Å². The van der Waals surface area contributed by atoms with Crippen LogP contribution in [0.4, 0.5) is 0 Å². The van der Waals surface area contributed by atoms with Crippen LogP contribution in [0.15, 0.2) is 42.9 Å². The first kappa shape index (κ1) is 10.3. The van der Waals surface area contributed by atoms with Crippen molar-refractivity contribution in [3.8, 4) is 0 Å². The van der Waals surface area contributed by atoms with Crippen LogP contribution in [-0.4, -0.2) is 9.38 Å². The van der Waals surface area contributed by atoms with E-state index in [2.05, 4.69) is 60.6 Å². The third-order valence-corrected chi connectivity index (χ3v) is 3.24. The summed E-state index contributed by atoms with van der Waals surface area (Å²) >= 11 is 0. The molecule has 0 aliphatic carbocycles. The predicted octanol–water partition coefficient (Wildman–Crippen LogP) is 3.79. The summed E-state index contributed by atoms with van der Waals surface area (Å²) in [5.74, 6) is 0. The topological polar surface area (TPSA) is 17.3 Å². The highest BCUT2D eigenvalue weighted by Gasteiger charge is 2.14. The minimum absolute atomic E-state index is 0.190. The van der Waals surface area contributed by atoms with E-state index in [0.717, 1.165) is 5.65 Å². The number of rotatable bonds is 0. The molecule has 2 heteroatoms. The van der Waals surface area contributed by atoms with E-state index in [9.17, 15) is 0 Å². The van der Waals surface area contributed by atoms with Crippen LogP contribution in [0.3, 0.4) is 0 Å². The number of nitrogens with zero attached hydrogens (tertiary/aromatic N) is 2. The SMILES string of the molecule is CC(C)(C)c1ccc2c(ccn3ccnc23)c1. The summed E-state index contributed by atoms with van der Waals surface area (Å²) in [5.41, 5.74) is 2.58. The van der Waals surface area contributed by atoms with E-state index in [1.54, 1.807) is 0 Å². The number of fused-ring (bicyclic) bond motifs is 3. The van der Waals surface area contributed by atoms with Crippen molar-refractivity contribution in [1.82, 2.24) is 9.38 Å². The summed E-state index contributed by atoms with van der Waals surface area (Å²) in [4.78, 5) is 4.40. The van der Waals surface area contributed by atoms with E-state index in [0.29, 0.717) is 0 Å². The number of imidazole rings is 1. The summed E-state index contributed by atoms with van der Waals surface area (Å²) in [5, 5.41) is 2.47. The summed E-state index contributed by atoms with van der Waals surface area (Å²) in [7, 11) is 0. The molecule has 0 bridgehead atoms. The van der Waals surface area contributed by atoms with Crippen molar-refractivity contribution in [3.63, 3.8) is 0 Å². The van der Waals surface area contributed by atoms with Gasteiger partial charge in [0.1, 0.15) is 5.65 Å². The van der Waals surface area contributed by atoms with Gasteiger partial charge in [0, 0.05) is 24.0 Å². The maximum atomic E-state index is 4.40. The number of benzene rings is 1. The standard InChI is InChI=1S/C15H16N2/c1-15(2,3)12-4-5-13-11(10-12)6-8-17-9-7-16-14(13)17/h4-10H,1-3H3. The maximum absolute atomic E-state index is 4.40. The Labute approximate surface area is 101 Å². The average molecular weight is 224 g/mol. The fourth-order valence-electron chi connectivity index (χ4n) is 2.17. The summed E-state index contributed by atoms with van der Waals surface area (Å²) in [6, 6.07) is 8.80. The van der Waals surface area contributed by atoms with Gasteiger partial charge < -0.3 is 4.40 Å². The van der Waals surface area contributed by atoms with Gasteiger partial charge in [-0.3, -0.25) is 0 Å². The van der Waals surface area contributed by atoms with Crippen molar-refractivity contribution in [1.29, 1.82) is 0 Å². The zero-order valence-corrected chi connectivity index (χ0v) is 10.4. The molecule has 0 saturated heterocycles. The van der Waals surface area contributed by atoms with Crippen molar-refractivity contribution in [2.45, 2.75) is 26.2 Å². The molecule has 0 unspecified atom stereocenters. The smallest absolute Gasteiger partial charge is 0.144 e. The van der Waals surface area contributed by atoms with Gasteiger partial charge in [-0.2, -0.15) is 0 Å². The first-order chi connectivity index (χ1) is 8.05. The molecule has 2 nitrogen and oxygen atoms in total. The molecule has 0 radical (unpaired) electrons. The Hall–Kier alpha value is -1.83. The second-order valence-corrected chi connectivity index (χ2v) is 5.53. The Morgan fingerprint density at radius 1 is 1.06 bits per heavy atom. The molecule has 0 saturated carbocycles. The van der Waals surface area contributed by atoms with Gasteiger partial charge in [-0.25, -0.2) is 4.98 Å². The van der Waals surface area contributed by atoms with E-state index in [-0.39, 0.29) is 5.41 Å². The largest absolute Gasteiger partial charge is 0.307 e. The van der Waals surface area contributed by atoms with Gasteiger partial charge in [-0.05, 0) is 22.4 Å². The highest BCUT2D eigenvalue weighted by atomic mass is 15.0. The minimum atomic E-state index is 0.190. The highest BCUT2D eigenvalue weighted by Crippen LogP contribution is 2.27. The van der Waals surface area contributed by atoms with Crippen molar-refractivity contribution >= 4 is 16.4 Å². The van der Waals surface area contributed by atoms with Gasteiger partial charge in [-0.15, -0.1) is 0 Å². The normalized spacial score (nSPS) is 12.4. The van der Waals surface area contributed by atoms with Crippen molar-refractivity contribution in [2.24, 2.45) is 0 Å². The Morgan fingerprint density at radius 2 is 1.88 bits per heavy atom. The average Bonchev–Trinajstić information content (AvgIpc) is 2.75. The second kappa shape index (κ2) is 3.33. The van der Waals surface area contributed by atoms with Gasteiger partial charge in [-0.1, -0.05) is 39.0 Å². The van der Waals surface area contributed by atoms with E-state index >= 15 is 0 Å². The molecule has 1 aromatic carbocycles. The molecule has 0 atom stereocenters. The lowest BCUT2D eigenvalue weighted by atomic mass is 9.86. The van der Waals surface area contributed by atoms with Crippen molar-refractivity contribution < 1.29 is 0 Å². The van der Waals surface area contributed by atoms with Crippen molar-refractivity contribution in [2.75, 3.05) is 0 Å². The molecular weight excluding hydrogens is 208 g/mol. The van der Waals surface area contributed by atoms with E-state index < -0.39 is 0 Å². The van der Waals surface area contributed by atoms with E-state index in [1.165, 1.54) is 16.3 Å². The summed E-state index contributed by atoms with van der Waals surface area (Å²) in [6.45, 7) is 6.71. The third-order valence-electron chi connectivity index (χ3n) is 3.24. The molecule has 2 heterocycles.